The Labute approximate surface area is 260 Å². The highest BCUT2D eigenvalue weighted by atomic mass is 32.2. The highest BCUT2D eigenvalue weighted by molar-refractivity contribution is 7.91. The van der Waals surface area contributed by atoms with Crippen molar-refractivity contribution in [1.29, 1.82) is 0 Å². The first-order valence-electron chi connectivity index (χ1n) is 14.0. The Bertz CT molecular complexity index is 1940. The molecule has 5 aromatic carbocycles. The van der Waals surface area contributed by atoms with E-state index in [2.05, 4.69) is 10.0 Å². The van der Waals surface area contributed by atoms with Crippen molar-refractivity contribution in [3.8, 4) is 22.6 Å². The molecule has 1 amide bonds. The van der Waals surface area contributed by atoms with Gasteiger partial charge in [0.1, 0.15) is 11.5 Å². The van der Waals surface area contributed by atoms with Crippen molar-refractivity contribution in [3.05, 3.63) is 144 Å². The number of carboxylic acid groups (broad SMARTS) is 1. The van der Waals surface area contributed by atoms with Crippen LogP contribution in [0.5, 0.6) is 11.5 Å². The topological polar surface area (TPSA) is 142 Å². The van der Waals surface area contributed by atoms with Crippen LogP contribution in [0, 0.1) is 0 Å². The molecule has 0 aromatic heterocycles. The molecular weight excluding hydrogens is 592 g/mol. The van der Waals surface area contributed by atoms with Crippen molar-refractivity contribution in [2.45, 2.75) is 12.2 Å². The minimum absolute atomic E-state index is 0.0581. The summed E-state index contributed by atoms with van der Waals surface area (Å²) in [5, 5.41) is 21.8. The third kappa shape index (κ3) is 8.49. The quantitative estimate of drug-likeness (QED) is 0.123. The normalized spacial score (nSPS) is 11.0. The maximum Gasteiger partial charge on any atom is 0.335 e. The van der Waals surface area contributed by atoms with Crippen LogP contribution in [0.3, 0.4) is 0 Å². The van der Waals surface area contributed by atoms with E-state index in [1.165, 1.54) is 12.1 Å². The maximum absolute atomic E-state index is 13.0. The number of amides is 1. The number of benzene rings is 5. The molecular formula is C35H30N2O7S. The molecule has 0 saturated carbocycles. The van der Waals surface area contributed by atoms with Gasteiger partial charge in [-0.15, -0.1) is 0 Å². The number of hydrogen-bond donors (Lipinski definition) is 4. The van der Waals surface area contributed by atoms with Crippen LogP contribution in [0.25, 0.3) is 11.1 Å². The van der Waals surface area contributed by atoms with E-state index in [4.69, 9.17) is 4.74 Å². The number of hydrogen-bond acceptors (Lipinski definition) is 6. The van der Waals surface area contributed by atoms with E-state index in [1.54, 1.807) is 97.1 Å². The average molecular weight is 623 g/mol. The summed E-state index contributed by atoms with van der Waals surface area (Å²) in [6, 6.07) is 33.9. The minimum Gasteiger partial charge on any atom is -0.508 e. The van der Waals surface area contributed by atoms with E-state index in [9.17, 15) is 28.2 Å². The summed E-state index contributed by atoms with van der Waals surface area (Å²) in [4.78, 5) is 24.4. The number of carbonyl (C=O) groups is 2. The monoisotopic (exact) mass is 622 g/mol. The van der Waals surface area contributed by atoms with E-state index in [0.717, 1.165) is 16.7 Å². The summed E-state index contributed by atoms with van der Waals surface area (Å²) < 4.78 is 34.0. The van der Waals surface area contributed by atoms with Gasteiger partial charge in [0, 0.05) is 29.4 Å². The van der Waals surface area contributed by atoms with Crippen molar-refractivity contribution in [1.82, 2.24) is 0 Å². The van der Waals surface area contributed by atoms with Gasteiger partial charge in [-0.25, -0.2) is 13.2 Å². The molecule has 9 nitrogen and oxygen atoms in total. The fraction of sp³-hybridized carbons (Fsp3) is 0.0857. The lowest BCUT2D eigenvalue weighted by atomic mass is 10.0. The Balaban J connectivity index is 1.16. The van der Waals surface area contributed by atoms with Crippen LogP contribution in [0.15, 0.2) is 121 Å². The van der Waals surface area contributed by atoms with E-state index in [0.29, 0.717) is 35.7 Å². The Morgan fingerprint density at radius 1 is 0.733 bits per heavy atom. The molecule has 5 aromatic rings. The molecule has 0 radical (unpaired) electrons. The lowest BCUT2D eigenvalue weighted by Crippen LogP contribution is -2.17. The number of carboxylic acids is 1. The van der Waals surface area contributed by atoms with Crippen molar-refractivity contribution < 1.29 is 33.0 Å². The zero-order valence-electron chi connectivity index (χ0n) is 24.0. The number of ether oxygens (including phenoxy) is 1. The van der Waals surface area contributed by atoms with Crippen LogP contribution in [0.4, 0.5) is 11.4 Å². The van der Waals surface area contributed by atoms with Crippen LogP contribution in [-0.2, 0) is 22.2 Å². The molecule has 0 heterocycles. The lowest BCUT2D eigenvalue weighted by Gasteiger charge is -2.12. The Hall–Kier alpha value is -5.61. The van der Waals surface area contributed by atoms with Crippen molar-refractivity contribution in [3.63, 3.8) is 0 Å². The number of carbonyl (C=O) groups excluding carboxylic acids is 1. The van der Waals surface area contributed by atoms with Crippen LogP contribution >= 0.6 is 0 Å². The van der Waals surface area contributed by atoms with Gasteiger partial charge in [0.05, 0.1) is 17.9 Å². The third-order valence-corrected chi connectivity index (χ3v) is 8.11. The van der Waals surface area contributed by atoms with E-state index < -0.39 is 21.7 Å². The van der Waals surface area contributed by atoms with Crippen LogP contribution in [0.2, 0.25) is 0 Å². The molecule has 45 heavy (non-hydrogen) atoms. The highest BCUT2D eigenvalue weighted by Gasteiger charge is 2.17. The SMILES string of the molecule is O=C(Nc1cccc(OCCc2cccc(NS(=O)(=O)Cc3ccccc3C(=O)O)c2)c1)c1cccc(-c2ccc(O)cc2)c1. The molecule has 0 unspecified atom stereocenters. The summed E-state index contributed by atoms with van der Waals surface area (Å²) in [5.41, 5.74) is 4.10. The molecule has 0 atom stereocenters. The zero-order chi connectivity index (χ0) is 31.8. The molecule has 0 aliphatic rings. The predicted molar refractivity (Wildman–Crippen MR) is 173 cm³/mol. The molecule has 10 heteroatoms. The van der Waals surface area contributed by atoms with Crippen LogP contribution in [0.1, 0.15) is 31.8 Å². The summed E-state index contributed by atoms with van der Waals surface area (Å²) >= 11 is 0. The first kappa shape index (κ1) is 30.8. The smallest absolute Gasteiger partial charge is 0.335 e. The number of aromatic carboxylic acids is 1. The minimum atomic E-state index is -3.87. The number of rotatable bonds is 12. The zero-order valence-corrected chi connectivity index (χ0v) is 24.8. The van der Waals surface area contributed by atoms with Gasteiger partial charge >= 0.3 is 5.97 Å². The summed E-state index contributed by atoms with van der Waals surface area (Å²) in [5.74, 6) is -1.21. The molecule has 5 rings (SSSR count). The largest absolute Gasteiger partial charge is 0.508 e. The molecule has 0 spiro atoms. The summed E-state index contributed by atoms with van der Waals surface area (Å²) in [7, 11) is -3.87. The summed E-state index contributed by atoms with van der Waals surface area (Å²) in [6.07, 6.45) is 0.484. The molecule has 0 aliphatic heterocycles. The number of phenolic OH excluding ortho intramolecular Hbond substituents is 1. The Kier molecular flexibility index (Phi) is 9.45. The van der Waals surface area contributed by atoms with Crippen LogP contribution < -0.4 is 14.8 Å². The van der Waals surface area contributed by atoms with E-state index in [1.807, 2.05) is 12.1 Å². The Morgan fingerprint density at radius 2 is 1.47 bits per heavy atom. The van der Waals surface area contributed by atoms with Gasteiger partial charge in [0.25, 0.3) is 5.91 Å². The molecule has 228 valence electrons. The van der Waals surface area contributed by atoms with E-state index in [-0.39, 0.29) is 22.8 Å². The molecule has 0 aliphatic carbocycles. The number of anilines is 2. The second-order valence-electron chi connectivity index (χ2n) is 10.2. The predicted octanol–water partition coefficient (Wildman–Crippen LogP) is 6.57. The van der Waals surface area contributed by atoms with E-state index >= 15 is 0 Å². The van der Waals surface area contributed by atoms with Gasteiger partial charge in [-0.05, 0) is 76.9 Å². The number of phenols is 1. The first-order valence-corrected chi connectivity index (χ1v) is 15.6. The molecule has 0 fully saturated rings. The van der Waals surface area contributed by atoms with Gasteiger partial charge in [-0.2, -0.15) is 0 Å². The van der Waals surface area contributed by atoms with Crippen LogP contribution in [-0.4, -0.2) is 37.1 Å². The number of aromatic hydroxyl groups is 1. The van der Waals surface area contributed by atoms with Gasteiger partial charge in [-0.1, -0.05) is 60.7 Å². The number of nitrogens with one attached hydrogen (secondary N) is 2. The lowest BCUT2D eigenvalue weighted by molar-refractivity contribution is 0.0695. The Morgan fingerprint density at radius 3 is 2.27 bits per heavy atom. The summed E-state index contributed by atoms with van der Waals surface area (Å²) in [6.45, 7) is 0.300. The molecule has 4 N–H and O–H groups in total. The standard InChI is InChI=1S/C35H30N2O7S/c38-31-16-14-25(15-17-31)26-8-4-9-27(21-26)34(39)36-29-10-5-12-32(22-29)44-19-18-24-6-3-11-30(20-24)37-45(42,43)23-28-7-1-2-13-33(28)35(40)41/h1-17,20-22,37-38H,18-19,23H2,(H,36,39)(H,40,41). The van der Waals surface area contributed by atoms with Gasteiger partial charge in [-0.3, -0.25) is 9.52 Å². The van der Waals surface area contributed by atoms with Gasteiger partial charge < -0.3 is 20.3 Å². The fourth-order valence-electron chi connectivity index (χ4n) is 4.71. The average Bonchev–Trinajstić information content (AvgIpc) is 3.01. The highest BCUT2D eigenvalue weighted by Crippen LogP contribution is 2.24. The van der Waals surface area contributed by atoms with Gasteiger partial charge in [0.15, 0.2) is 0 Å². The third-order valence-electron chi connectivity index (χ3n) is 6.87. The van der Waals surface area contributed by atoms with Crippen molar-refractivity contribution in [2.75, 3.05) is 16.6 Å². The second kappa shape index (κ2) is 13.8. The van der Waals surface area contributed by atoms with Gasteiger partial charge in [0.2, 0.25) is 10.0 Å². The van der Waals surface area contributed by atoms with Crippen molar-refractivity contribution >= 4 is 33.3 Å². The first-order chi connectivity index (χ1) is 21.6. The molecule has 0 saturated heterocycles. The second-order valence-corrected chi connectivity index (χ2v) is 12.0. The fourth-order valence-corrected chi connectivity index (χ4v) is 5.93. The van der Waals surface area contributed by atoms with Crippen molar-refractivity contribution in [2.24, 2.45) is 0 Å². The number of sulfonamides is 1. The molecule has 0 bridgehead atoms. The maximum atomic E-state index is 13.0.